The Bertz CT molecular complexity index is 722. The van der Waals surface area contributed by atoms with E-state index in [2.05, 4.69) is 35.2 Å². The summed E-state index contributed by atoms with van der Waals surface area (Å²) in [6.07, 6.45) is 3.28. The summed E-state index contributed by atoms with van der Waals surface area (Å²) < 4.78 is 0. The minimum absolute atomic E-state index is 0.0568. The van der Waals surface area contributed by atoms with Gasteiger partial charge in [0.05, 0.1) is 11.8 Å². The topological polar surface area (TPSA) is 60.9 Å². The second-order valence-corrected chi connectivity index (χ2v) is 9.39. The molecule has 146 valence electrons. The van der Waals surface area contributed by atoms with Gasteiger partial charge in [0, 0.05) is 26.2 Å². The molecular formula is C22H30N2O3. The van der Waals surface area contributed by atoms with Gasteiger partial charge in [0.15, 0.2) is 0 Å². The van der Waals surface area contributed by atoms with Crippen LogP contribution in [0.4, 0.5) is 0 Å². The van der Waals surface area contributed by atoms with Crippen LogP contribution in [-0.2, 0) is 16.1 Å². The van der Waals surface area contributed by atoms with Gasteiger partial charge in [-0.15, -0.1) is 0 Å². The van der Waals surface area contributed by atoms with Gasteiger partial charge in [-0.25, -0.2) is 0 Å². The molecular weight excluding hydrogens is 340 g/mol. The van der Waals surface area contributed by atoms with E-state index >= 15 is 0 Å². The number of carboxylic acid groups (broad SMARTS) is 1. The molecule has 1 N–H and O–H groups in total. The van der Waals surface area contributed by atoms with Crippen LogP contribution in [0.2, 0.25) is 0 Å². The molecule has 0 bridgehead atoms. The van der Waals surface area contributed by atoms with Crippen LogP contribution in [0.25, 0.3) is 0 Å². The molecule has 4 rings (SSSR count). The van der Waals surface area contributed by atoms with E-state index < -0.39 is 17.3 Å². The molecule has 1 aliphatic carbocycles. The lowest BCUT2D eigenvalue weighted by molar-refractivity contribution is -0.142. The summed E-state index contributed by atoms with van der Waals surface area (Å²) in [6, 6.07) is 10.6. The Balaban J connectivity index is 1.32. The molecule has 2 atom stereocenters. The molecule has 5 nitrogen and oxygen atoms in total. The fraction of sp³-hybridized carbons (Fsp3) is 0.636. The molecule has 5 heteroatoms. The zero-order chi connectivity index (χ0) is 19.2. The van der Waals surface area contributed by atoms with E-state index in [0.717, 1.165) is 45.6 Å². The Kier molecular flexibility index (Phi) is 4.53. The number of piperidine rings is 1. The number of hydrogen-bond donors (Lipinski definition) is 1. The number of likely N-dealkylation sites (tertiary alicyclic amines) is 2. The largest absolute Gasteiger partial charge is 0.481 e. The van der Waals surface area contributed by atoms with Crippen molar-refractivity contribution >= 4 is 11.9 Å². The van der Waals surface area contributed by atoms with E-state index in [1.54, 1.807) is 0 Å². The first kappa shape index (κ1) is 18.5. The summed E-state index contributed by atoms with van der Waals surface area (Å²) in [5, 5.41) is 9.35. The fourth-order valence-corrected chi connectivity index (χ4v) is 5.37. The normalized spacial score (nSPS) is 29.0. The van der Waals surface area contributed by atoms with E-state index in [-0.39, 0.29) is 11.8 Å². The fourth-order valence-electron chi connectivity index (χ4n) is 5.37. The van der Waals surface area contributed by atoms with Crippen molar-refractivity contribution in [3.05, 3.63) is 35.9 Å². The molecule has 1 saturated carbocycles. The highest BCUT2D eigenvalue weighted by atomic mass is 16.4. The molecule has 2 saturated heterocycles. The minimum Gasteiger partial charge on any atom is -0.481 e. The Morgan fingerprint density at radius 1 is 1.04 bits per heavy atom. The molecule has 3 aliphatic rings. The van der Waals surface area contributed by atoms with Gasteiger partial charge in [-0.3, -0.25) is 14.5 Å². The van der Waals surface area contributed by atoms with E-state index in [9.17, 15) is 14.7 Å². The Morgan fingerprint density at radius 2 is 1.67 bits per heavy atom. The maximum atomic E-state index is 12.9. The Hall–Kier alpha value is -1.88. The SMILES string of the molecule is CC1(C)[C@H](C(=O)O)[C@@H]1C(=O)N1CCC2(CCN(Cc3ccccc3)C2)CC1. The number of rotatable bonds is 4. The Labute approximate surface area is 161 Å². The zero-order valence-corrected chi connectivity index (χ0v) is 16.4. The van der Waals surface area contributed by atoms with Gasteiger partial charge in [-0.2, -0.15) is 0 Å². The number of carbonyl (C=O) groups excluding carboxylic acids is 1. The summed E-state index contributed by atoms with van der Waals surface area (Å²) in [5.41, 5.74) is 1.28. The van der Waals surface area contributed by atoms with Crippen LogP contribution in [0.15, 0.2) is 30.3 Å². The molecule has 1 aromatic rings. The lowest BCUT2D eigenvalue weighted by Crippen LogP contribution is -2.45. The van der Waals surface area contributed by atoms with Crippen molar-refractivity contribution in [2.45, 2.75) is 39.7 Å². The number of nitrogens with zero attached hydrogens (tertiary/aromatic N) is 2. The van der Waals surface area contributed by atoms with Crippen molar-refractivity contribution in [3.63, 3.8) is 0 Å². The molecule has 0 radical (unpaired) electrons. The standard InChI is InChI=1S/C22H30N2O3/c1-21(2)17(18(21)20(26)27)19(25)24-12-9-22(10-13-24)8-11-23(15-22)14-16-6-4-3-5-7-16/h3-7,17-18H,8-15H2,1-2H3,(H,26,27)/t17-,18+/m1/s1. The van der Waals surface area contributed by atoms with Gasteiger partial charge in [-0.1, -0.05) is 44.2 Å². The number of amides is 1. The third-order valence-corrected chi connectivity index (χ3v) is 7.26. The highest BCUT2D eigenvalue weighted by molar-refractivity contribution is 5.91. The first-order valence-electron chi connectivity index (χ1n) is 10.1. The predicted octanol–water partition coefficient (Wildman–Crippen LogP) is 2.86. The molecule has 2 aliphatic heterocycles. The van der Waals surface area contributed by atoms with Gasteiger partial charge in [0.1, 0.15) is 0 Å². The first-order chi connectivity index (χ1) is 12.8. The smallest absolute Gasteiger partial charge is 0.307 e. The molecule has 0 aromatic heterocycles. The predicted molar refractivity (Wildman–Crippen MR) is 103 cm³/mol. The van der Waals surface area contributed by atoms with Crippen LogP contribution in [0.5, 0.6) is 0 Å². The van der Waals surface area contributed by atoms with Crippen LogP contribution >= 0.6 is 0 Å². The third kappa shape index (κ3) is 3.38. The minimum atomic E-state index is -0.834. The van der Waals surface area contributed by atoms with Gasteiger partial charge in [-0.05, 0) is 42.2 Å². The van der Waals surface area contributed by atoms with Gasteiger partial charge in [0.25, 0.3) is 0 Å². The maximum Gasteiger partial charge on any atom is 0.307 e. The number of hydrogen-bond acceptors (Lipinski definition) is 3. The highest BCUT2D eigenvalue weighted by Crippen LogP contribution is 2.59. The monoisotopic (exact) mass is 370 g/mol. The highest BCUT2D eigenvalue weighted by Gasteiger charge is 2.66. The first-order valence-corrected chi connectivity index (χ1v) is 10.1. The van der Waals surface area contributed by atoms with Crippen LogP contribution in [0.1, 0.15) is 38.7 Å². The second kappa shape index (κ2) is 6.62. The summed E-state index contributed by atoms with van der Waals surface area (Å²) in [7, 11) is 0. The van der Waals surface area contributed by atoms with Crippen molar-refractivity contribution in [3.8, 4) is 0 Å². The number of carboxylic acids is 1. The van der Waals surface area contributed by atoms with Gasteiger partial charge in [0.2, 0.25) is 5.91 Å². The molecule has 27 heavy (non-hydrogen) atoms. The van der Waals surface area contributed by atoms with Crippen LogP contribution in [0.3, 0.4) is 0 Å². The van der Waals surface area contributed by atoms with Crippen molar-refractivity contribution < 1.29 is 14.7 Å². The zero-order valence-electron chi connectivity index (χ0n) is 16.4. The van der Waals surface area contributed by atoms with Crippen LogP contribution < -0.4 is 0 Å². The quantitative estimate of drug-likeness (QED) is 0.885. The second-order valence-electron chi connectivity index (χ2n) is 9.39. The maximum absolute atomic E-state index is 12.9. The summed E-state index contributed by atoms with van der Waals surface area (Å²) in [5.74, 6) is -1.64. The number of carbonyl (C=O) groups is 2. The lowest BCUT2D eigenvalue weighted by atomic mass is 9.77. The third-order valence-electron chi connectivity index (χ3n) is 7.26. The van der Waals surface area contributed by atoms with Crippen molar-refractivity contribution in [1.82, 2.24) is 9.80 Å². The average Bonchev–Trinajstić information content (AvgIpc) is 3.03. The molecule has 1 amide bonds. The van der Waals surface area contributed by atoms with E-state index in [0.29, 0.717) is 5.41 Å². The molecule has 3 fully saturated rings. The van der Waals surface area contributed by atoms with Crippen LogP contribution in [0, 0.1) is 22.7 Å². The Morgan fingerprint density at radius 3 is 2.26 bits per heavy atom. The number of aliphatic carboxylic acids is 1. The summed E-state index contributed by atoms with van der Waals surface area (Å²) in [4.78, 5) is 28.7. The van der Waals surface area contributed by atoms with Crippen molar-refractivity contribution in [2.24, 2.45) is 22.7 Å². The summed E-state index contributed by atoms with van der Waals surface area (Å²) >= 11 is 0. The van der Waals surface area contributed by atoms with E-state index in [4.69, 9.17) is 0 Å². The van der Waals surface area contributed by atoms with Crippen molar-refractivity contribution in [2.75, 3.05) is 26.2 Å². The van der Waals surface area contributed by atoms with E-state index in [1.165, 1.54) is 12.0 Å². The molecule has 2 heterocycles. The van der Waals surface area contributed by atoms with Crippen LogP contribution in [-0.4, -0.2) is 53.0 Å². The molecule has 1 aromatic carbocycles. The van der Waals surface area contributed by atoms with Gasteiger partial charge < -0.3 is 10.0 Å². The van der Waals surface area contributed by atoms with Crippen molar-refractivity contribution in [1.29, 1.82) is 0 Å². The average molecular weight is 370 g/mol. The number of benzene rings is 1. The molecule has 1 spiro atoms. The summed E-state index contributed by atoms with van der Waals surface area (Å²) in [6.45, 7) is 8.59. The van der Waals surface area contributed by atoms with E-state index in [1.807, 2.05) is 18.7 Å². The lowest BCUT2D eigenvalue weighted by Gasteiger charge is -2.39. The van der Waals surface area contributed by atoms with Gasteiger partial charge >= 0.3 is 5.97 Å². The molecule has 0 unspecified atom stereocenters.